The third-order valence-corrected chi connectivity index (χ3v) is 2.81. The van der Waals surface area contributed by atoms with E-state index in [4.69, 9.17) is 0 Å². The predicted octanol–water partition coefficient (Wildman–Crippen LogP) is 2.79. The molecule has 2 rings (SSSR count). The smallest absolute Gasteiger partial charge is 0.0539 e. The SMILES string of the molecule is Cn1cc(CNc2ccccc2Br)cn1. The number of aromatic nitrogens is 2. The summed E-state index contributed by atoms with van der Waals surface area (Å²) in [4.78, 5) is 0. The first-order valence-electron chi connectivity index (χ1n) is 4.71. The maximum absolute atomic E-state index is 4.12. The van der Waals surface area contributed by atoms with Gasteiger partial charge in [-0.2, -0.15) is 5.10 Å². The molecule has 1 heterocycles. The van der Waals surface area contributed by atoms with Crippen LogP contribution >= 0.6 is 15.9 Å². The molecule has 0 spiro atoms. The molecule has 0 fully saturated rings. The Labute approximate surface area is 97.2 Å². The van der Waals surface area contributed by atoms with Crippen molar-refractivity contribution in [1.29, 1.82) is 0 Å². The van der Waals surface area contributed by atoms with Gasteiger partial charge in [-0.05, 0) is 28.1 Å². The van der Waals surface area contributed by atoms with E-state index < -0.39 is 0 Å². The molecular formula is C11H12BrN3. The van der Waals surface area contributed by atoms with Gasteiger partial charge in [-0.1, -0.05) is 12.1 Å². The molecule has 0 bridgehead atoms. The highest BCUT2D eigenvalue weighted by atomic mass is 79.9. The molecule has 0 amide bonds. The Hall–Kier alpha value is -1.29. The summed E-state index contributed by atoms with van der Waals surface area (Å²) in [5, 5.41) is 7.46. The molecular weight excluding hydrogens is 254 g/mol. The minimum absolute atomic E-state index is 0.788. The van der Waals surface area contributed by atoms with Crippen LogP contribution in [0.15, 0.2) is 41.1 Å². The maximum atomic E-state index is 4.12. The lowest BCUT2D eigenvalue weighted by atomic mass is 10.3. The molecule has 1 aromatic heterocycles. The van der Waals surface area contributed by atoms with Crippen molar-refractivity contribution >= 4 is 21.6 Å². The second-order valence-corrected chi connectivity index (χ2v) is 4.21. The fourth-order valence-electron chi connectivity index (χ4n) is 1.37. The van der Waals surface area contributed by atoms with Gasteiger partial charge in [0.1, 0.15) is 0 Å². The quantitative estimate of drug-likeness (QED) is 0.925. The second-order valence-electron chi connectivity index (χ2n) is 3.36. The van der Waals surface area contributed by atoms with E-state index in [1.165, 1.54) is 5.56 Å². The Morgan fingerprint density at radius 1 is 1.40 bits per heavy atom. The van der Waals surface area contributed by atoms with E-state index in [-0.39, 0.29) is 0 Å². The van der Waals surface area contributed by atoms with Crippen molar-refractivity contribution in [2.75, 3.05) is 5.32 Å². The average molecular weight is 266 g/mol. The number of nitrogens with one attached hydrogen (secondary N) is 1. The number of benzene rings is 1. The van der Waals surface area contributed by atoms with Gasteiger partial charge >= 0.3 is 0 Å². The summed E-state index contributed by atoms with van der Waals surface area (Å²) in [5.74, 6) is 0. The largest absolute Gasteiger partial charge is 0.380 e. The van der Waals surface area contributed by atoms with Crippen LogP contribution in [0.2, 0.25) is 0 Å². The number of anilines is 1. The van der Waals surface area contributed by atoms with Crippen molar-refractivity contribution in [3.63, 3.8) is 0 Å². The molecule has 3 nitrogen and oxygen atoms in total. The van der Waals surface area contributed by atoms with Gasteiger partial charge in [0, 0.05) is 35.5 Å². The summed E-state index contributed by atoms with van der Waals surface area (Å²) < 4.78 is 2.88. The van der Waals surface area contributed by atoms with Crippen LogP contribution in [0.4, 0.5) is 5.69 Å². The van der Waals surface area contributed by atoms with Gasteiger partial charge in [-0.15, -0.1) is 0 Å². The summed E-state index contributed by atoms with van der Waals surface area (Å²) in [7, 11) is 1.92. The lowest BCUT2D eigenvalue weighted by Gasteiger charge is -2.06. The van der Waals surface area contributed by atoms with Crippen molar-refractivity contribution in [1.82, 2.24) is 9.78 Å². The lowest BCUT2D eigenvalue weighted by molar-refractivity contribution is 0.767. The molecule has 0 atom stereocenters. The minimum atomic E-state index is 0.788. The Kier molecular flexibility index (Phi) is 3.06. The van der Waals surface area contributed by atoms with Crippen molar-refractivity contribution < 1.29 is 0 Å². The first-order valence-corrected chi connectivity index (χ1v) is 5.51. The molecule has 0 aliphatic heterocycles. The molecule has 4 heteroatoms. The van der Waals surface area contributed by atoms with Gasteiger partial charge < -0.3 is 5.32 Å². The highest BCUT2D eigenvalue weighted by Crippen LogP contribution is 2.21. The molecule has 15 heavy (non-hydrogen) atoms. The van der Waals surface area contributed by atoms with E-state index in [9.17, 15) is 0 Å². The molecule has 78 valence electrons. The highest BCUT2D eigenvalue weighted by Gasteiger charge is 1.99. The van der Waals surface area contributed by atoms with Gasteiger partial charge in [0.15, 0.2) is 0 Å². The summed E-state index contributed by atoms with van der Waals surface area (Å²) >= 11 is 3.49. The van der Waals surface area contributed by atoms with Crippen LogP contribution in [-0.2, 0) is 13.6 Å². The Morgan fingerprint density at radius 3 is 2.87 bits per heavy atom. The van der Waals surface area contributed by atoms with Gasteiger partial charge in [-0.3, -0.25) is 4.68 Å². The first-order chi connectivity index (χ1) is 7.25. The van der Waals surface area contributed by atoms with Gasteiger partial charge in [-0.25, -0.2) is 0 Å². The third-order valence-electron chi connectivity index (χ3n) is 2.12. The first kappa shape index (κ1) is 10.2. The number of nitrogens with zero attached hydrogens (tertiary/aromatic N) is 2. The summed E-state index contributed by atoms with van der Waals surface area (Å²) in [6.07, 6.45) is 3.87. The Morgan fingerprint density at radius 2 is 2.20 bits per heavy atom. The number of hydrogen-bond donors (Lipinski definition) is 1. The Bertz CT molecular complexity index is 451. The van der Waals surface area contributed by atoms with E-state index in [2.05, 4.69) is 26.3 Å². The predicted molar refractivity (Wildman–Crippen MR) is 64.7 cm³/mol. The highest BCUT2D eigenvalue weighted by molar-refractivity contribution is 9.10. The molecule has 0 saturated heterocycles. The number of para-hydroxylation sites is 1. The van der Waals surface area contributed by atoms with E-state index >= 15 is 0 Å². The fourth-order valence-corrected chi connectivity index (χ4v) is 1.79. The van der Waals surface area contributed by atoms with Crippen molar-refractivity contribution in [3.05, 3.63) is 46.7 Å². The minimum Gasteiger partial charge on any atom is -0.380 e. The molecule has 1 N–H and O–H groups in total. The number of hydrogen-bond acceptors (Lipinski definition) is 2. The second kappa shape index (κ2) is 4.49. The monoisotopic (exact) mass is 265 g/mol. The van der Waals surface area contributed by atoms with E-state index in [1.54, 1.807) is 4.68 Å². The average Bonchev–Trinajstić information content (AvgIpc) is 2.63. The third kappa shape index (κ3) is 2.59. The topological polar surface area (TPSA) is 29.9 Å². The normalized spacial score (nSPS) is 10.3. The Balaban J connectivity index is 2.02. The summed E-state index contributed by atoms with van der Waals surface area (Å²) in [6, 6.07) is 8.07. The van der Waals surface area contributed by atoms with Gasteiger partial charge in [0.25, 0.3) is 0 Å². The number of rotatable bonds is 3. The van der Waals surface area contributed by atoms with Crippen LogP contribution in [-0.4, -0.2) is 9.78 Å². The molecule has 0 aliphatic rings. The van der Waals surface area contributed by atoms with Crippen LogP contribution in [0.1, 0.15) is 5.56 Å². The number of aryl methyl sites for hydroxylation is 1. The lowest BCUT2D eigenvalue weighted by Crippen LogP contribution is -1.98. The fraction of sp³-hybridized carbons (Fsp3) is 0.182. The molecule has 0 saturated carbocycles. The van der Waals surface area contributed by atoms with E-state index in [0.29, 0.717) is 0 Å². The van der Waals surface area contributed by atoms with Crippen LogP contribution in [0.3, 0.4) is 0 Å². The summed E-state index contributed by atoms with van der Waals surface area (Å²) in [5.41, 5.74) is 2.27. The van der Waals surface area contributed by atoms with Gasteiger partial charge in [0.05, 0.1) is 6.20 Å². The zero-order chi connectivity index (χ0) is 10.7. The van der Waals surface area contributed by atoms with Crippen LogP contribution in [0.5, 0.6) is 0 Å². The van der Waals surface area contributed by atoms with E-state index in [1.807, 2.05) is 43.7 Å². The van der Waals surface area contributed by atoms with Crippen molar-refractivity contribution in [2.45, 2.75) is 6.54 Å². The van der Waals surface area contributed by atoms with Crippen molar-refractivity contribution in [3.8, 4) is 0 Å². The molecule has 0 aliphatic carbocycles. The van der Waals surface area contributed by atoms with Crippen LogP contribution in [0.25, 0.3) is 0 Å². The van der Waals surface area contributed by atoms with Crippen LogP contribution in [0, 0.1) is 0 Å². The maximum Gasteiger partial charge on any atom is 0.0539 e. The summed E-state index contributed by atoms with van der Waals surface area (Å²) in [6.45, 7) is 0.788. The van der Waals surface area contributed by atoms with Crippen molar-refractivity contribution in [2.24, 2.45) is 7.05 Å². The van der Waals surface area contributed by atoms with Gasteiger partial charge in [0.2, 0.25) is 0 Å². The number of halogens is 1. The molecule has 0 radical (unpaired) electrons. The van der Waals surface area contributed by atoms with E-state index in [0.717, 1.165) is 16.7 Å². The van der Waals surface area contributed by atoms with Crippen LogP contribution < -0.4 is 5.32 Å². The standard InChI is InChI=1S/C11H12BrN3/c1-15-8-9(7-14-15)6-13-11-5-3-2-4-10(11)12/h2-5,7-8,13H,6H2,1H3. The zero-order valence-corrected chi connectivity index (χ0v) is 10.0. The molecule has 0 unspecified atom stereocenters. The molecule has 1 aromatic carbocycles. The molecule has 2 aromatic rings. The zero-order valence-electron chi connectivity index (χ0n) is 8.44.